The molecule has 0 radical (unpaired) electrons. The molecular formula is C21H19F3O5. The number of ether oxygens (including phenoxy) is 4. The number of alkyl halides is 3. The van der Waals surface area contributed by atoms with Crippen LogP contribution in [0.2, 0.25) is 0 Å². The van der Waals surface area contributed by atoms with Gasteiger partial charge in [0.05, 0.1) is 19.8 Å². The standard InChI is InChI=1S/C21H19F3O5/c1-20(12-26-13-20)14-27-16-5-2-15(3-6-16)4-11-19(25)28-17-7-9-18(10-8-17)29-21(22,23)24/h2-11H,12-14H2,1H3/b11-4+. The Labute approximate surface area is 165 Å². The summed E-state index contributed by atoms with van der Waals surface area (Å²) in [5, 5.41) is 0. The van der Waals surface area contributed by atoms with Crippen molar-refractivity contribution in [1.82, 2.24) is 0 Å². The van der Waals surface area contributed by atoms with E-state index in [4.69, 9.17) is 14.2 Å². The molecule has 5 nitrogen and oxygen atoms in total. The highest BCUT2D eigenvalue weighted by atomic mass is 19.4. The molecule has 0 aromatic heterocycles. The molecule has 1 aliphatic heterocycles. The Morgan fingerprint density at radius 3 is 2.17 bits per heavy atom. The summed E-state index contributed by atoms with van der Waals surface area (Å²) >= 11 is 0. The smallest absolute Gasteiger partial charge is 0.493 e. The van der Waals surface area contributed by atoms with Gasteiger partial charge in [0.25, 0.3) is 0 Å². The molecule has 0 unspecified atom stereocenters. The average molecular weight is 408 g/mol. The number of hydrogen-bond acceptors (Lipinski definition) is 5. The van der Waals surface area contributed by atoms with Crippen LogP contribution in [0.4, 0.5) is 13.2 Å². The fraction of sp³-hybridized carbons (Fsp3) is 0.286. The van der Waals surface area contributed by atoms with Gasteiger partial charge in [-0.05, 0) is 48.0 Å². The summed E-state index contributed by atoms with van der Waals surface area (Å²) in [6.45, 7) is 4.04. The molecule has 1 saturated heterocycles. The van der Waals surface area contributed by atoms with Gasteiger partial charge >= 0.3 is 12.3 Å². The van der Waals surface area contributed by atoms with Crippen LogP contribution in [0.25, 0.3) is 6.08 Å². The number of hydrogen-bond donors (Lipinski definition) is 0. The van der Waals surface area contributed by atoms with Crippen LogP contribution < -0.4 is 14.2 Å². The molecule has 8 heteroatoms. The summed E-state index contributed by atoms with van der Waals surface area (Å²) in [4.78, 5) is 11.9. The largest absolute Gasteiger partial charge is 0.573 e. The van der Waals surface area contributed by atoms with E-state index in [2.05, 4.69) is 11.7 Å². The molecule has 3 rings (SSSR count). The highest BCUT2D eigenvalue weighted by molar-refractivity contribution is 5.88. The van der Waals surface area contributed by atoms with E-state index >= 15 is 0 Å². The van der Waals surface area contributed by atoms with Gasteiger partial charge in [-0.1, -0.05) is 19.1 Å². The highest BCUT2D eigenvalue weighted by Crippen LogP contribution is 2.28. The number of halogens is 3. The van der Waals surface area contributed by atoms with Gasteiger partial charge in [0, 0.05) is 11.5 Å². The van der Waals surface area contributed by atoms with Gasteiger partial charge in [-0.2, -0.15) is 0 Å². The Bertz CT molecular complexity index is 853. The lowest BCUT2D eigenvalue weighted by Crippen LogP contribution is -2.44. The lowest BCUT2D eigenvalue weighted by atomic mass is 9.90. The third-order valence-corrected chi connectivity index (χ3v) is 4.06. The molecule has 2 aromatic carbocycles. The van der Waals surface area contributed by atoms with Crippen LogP contribution in [-0.2, 0) is 9.53 Å². The first-order valence-electron chi connectivity index (χ1n) is 8.77. The van der Waals surface area contributed by atoms with Crippen molar-refractivity contribution in [3.8, 4) is 17.2 Å². The summed E-state index contributed by atoms with van der Waals surface area (Å²) < 4.78 is 56.1. The van der Waals surface area contributed by atoms with Crippen LogP contribution >= 0.6 is 0 Å². The molecule has 154 valence electrons. The number of benzene rings is 2. The van der Waals surface area contributed by atoms with E-state index in [0.717, 1.165) is 23.4 Å². The Hall–Kier alpha value is -3.00. The van der Waals surface area contributed by atoms with Gasteiger partial charge in [0.15, 0.2) is 0 Å². The molecule has 1 heterocycles. The van der Waals surface area contributed by atoms with Gasteiger partial charge < -0.3 is 18.9 Å². The van der Waals surface area contributed by atoms with Crippen LogP contribution in [0.5, 0.6) is 17.2 Å². The van der Waals surface area contributed by atoms with E-state index in [-0.39, 0.29) is 11.2 Å². The van der Waals surface area contributed by atoms with Crippen molar-refractivity contribution in [3.63, 3.8) is 0 Å². The SMILES string of the molecule is CC1(COc2ccc(/C=C/C(=O)Oc3ccc(OC(F)(F)F)cc3)cc2)COC1. The number of carbonyl (C=O) groups excluding carboxylic acids is 1. The molecule has 0 aliphatic carbocycles. The lowest BCUT2D eigenvalue weighted by Gasteiger charge is -2.37. The predicted octanol–water partition coefficient (Wildman–Crippen LogP) is 4.62. The van der Waals surface area contributed by atoms with E-state index in [1.54, 1.807) is 30.3 Å². The van der Waals surface area contributed by atoms with E-state index in [0.29, 0.717) is 19.8 Å². The van der Waals surface area contributed by atoms with E-state index in [9.17, 15) is 18.0 Å². The zero-order chi connectivity index (χ0) is 20.9. The number of carbonyl (C=O) groups is 1. The predicted molar refractivity (Wildman–Crippen MR) is 98.7 cm³/mol. The van der Waals surface area contributed by atoms with Crippen molar-refractivity contribution >= 4 is 12.0 Å². The molecule has 0 atom stereocenters. The average Bonchev–Trinajstić information content (AvgIpc) is 2.64. The van der Waals surface area contributed by atoms with Gasteiger partial charge in [-0.3, -0.25) is 0 Å². The quantitative estimate of drug-likeness (QED) is 0.380. The molecular weight excluding hydrogens is 389 g/mol. The van der Waals surface area contributed by atoms with Crippen molar-refractivity contribution in [2.75, 3.05) is 19.8 Å². The van der Waals surface area contributed by atoms with E-state index in [1.807, 2.05) is 0 Å². The van der Waals surface area contributed by atoms with Crippen LogP contribution in [0.15, 0.2) is 54.6 Å². The first-order valence-corrected chi connectivity index (χ1v) is 8.77. The second kappa shape index (κ2) is 8.57. The van der Waals surface area contributed by atoms with Crippen LogP contribution in [0.1, 0.15) is 12.5 Å². The fourth-order valence-corrected chi connectivity index (χ4v) is 2.49. The minimum atomic E-state index is -4.77. The molecule has 0 bridgehead atoms. The molecule has 2 aromatic rings. The Kier molecular flexibility index (Phi) is 6.12. The third kappa shape index (κ3) is 6.53. The number of rotatable bonds is 7. The Morgan fingerprint density at radius 2 is 1.62 bits per heavy atom. The first kappa shape index (κ1) is 20.7. The van der Waals surface area contributed by atoms with Crippen molar-refractivity contribution in [2.45, 2.75) is 13.3 Å². The summed E-state index contributed by atoms with van der Waals surface area (Å²) in [7, 11) is 0. The molecule has 0 N–H and O–H groups in total. The second-order valence-corrected chi connectivity index (χ2v) is 6.93. The van der Waals surface area contributed by atoms with Crippen molar-refractivity contribution in [2.24, 2.45) is 5.41 Å². The first-order chi connectivity index (χ1) is 13.7. The van der Waals surface area contributed by atoms with Gasteiger partial charge in [-0.15, -0.1) is 13.2 Å². The summed E-state index contributed by atoms with van der Waals surface area (Å²) in [6.07, 6.45) is -1.98. The minimum Gasteiger partial charge on any atom is -0.493 e. The lowest BCUT2D eigenvalue weighted by molar-refractivity contribution is -0.274. The molecule has 0 saturated carbocycles. The van der Waals surface area contributed by atoms with Crippen molar-refractivity contribution in [3.05, 3.63) is 60.2 Å². The van der Waals surface area contributed by atoms with Crippen LogP contribution in [-0.4, -0.2) is 32.2 Å². The van der Waals surface area contributed by atoms with Crippen LogP contribution in [0.3, 0.4) is 0 Å². The van der Waals surface area contributed by atoms with Gasteiger partial charge in [0.2, 0.25) is 0 Å². The maximum atomic E-state index is 12.1. The van der Waals surface area contributed by atoms with Crippen molar-refractivity contribution in [1.29, 1.82) is 0 Å². The zero-order valence-electron chi connectivity index (χ0n) is 15.6. The maximum absolute atomic E-state index is 12.1. The molecule has 0 spiro atoms. The van der Waals surface area contributed by atoms with Crippen molar-refractivity contribution < 1.29 is 36.9 Å². The van der Waals surface area contributed by atoms with Gasteiger partial charge in [-0.25, -0.2) is 4.79 Å². The molecule has 1 aliphatic rings. The molecule has 1 fully saturated rings. The number of esters is 1. The summed E-state index contributed by atoms with van der Waals surface area (Å²) in [5.41, 5.74) is 0.820. The zero-order valence-corrected chi connectivity index (χ0v) is 15.6. The van der Waals surface area contributed by atoms with E-state index < -0.39 is 18.1 Å². The topological polar surface area (TPSA) is 54.0 Å². The normalized spacial score (nSPS) is 15.6. The Morgan fingerprint density at radius 1 is 1.03 bits per heavy atom. The van der Waals surface area contributed by atoms with E-state index in [1.165, 1.54) is 18.2 Å². The molecule has 0 amide bonds. The summed E-state index contributed by atoms with van der Waals surface area (Å²) in [5.74, 6) is -0.230. The highest BCUT2D eigenvalue weighted by Gasteiger charge is 2.34. The maximum Gasteiger partial charge on any atom is 0.573 e. The second-order valence-electron chi connectivity index (χ2n) is 6.93. The third-order valence-electron chi connectivity index (χ3n) is 4.06. The van der Waals surface area contributed by atoms with Crippen LogP contribution in [0, 0.1) is 5.41 Å². The van der Waals surface area contributed by atoms with Gasteiger partial charge in [0.1, 0.15) is 17.2 Å². The molecule has 29 heavy (non-hydrogen) atoms. The summed E-state index contributed by atoms with van der Waals surface area (Å²) in [6, 6.07) is 11.7. The Balaban J connectivity index is 1.48. The minimum absolute atomic E-state index is 0.0550. The monoisotopic (exact) mass is 408 g/mol. The fourth-order valence-electron chi connectivity index (χ4n) is 2.49.